The van der Waals surface area contributed by atoms with Crippen LogP contribution in [0.5, 0.6) is 0 Å². The summed E-state index contributed by atoms with van der Waals surface area (Å²) >= 11 is 0. The monoisotopic (exact) mass is 305 g/mol. The maximum absolute atomic E-state index is 12.2. The van der Waals surface area contributed by atoms with E-state index in [0.717, 1.165) is 38.8 Å². The Morgan fingerprint density at radius 3 is 3.00 bits per heavy atom. The molecule has 1 saturated carbocycles. The highest BCUT2D eigenvalue weighted by Gasteiger charge is 2.22. The first-order valence-electron chi connectivity index (χ1n) is 8.58. The van der Waals surface area contributed by atoms with Crippen LogP contribution in [0, 0.1) is 5.92 Å². The van der Waals surface area contributed by atoms with E-state index in [1.165, 1.54) is 25.1 Å². The molecule has 1 aromatic rings. The molecule has 5 nitrogen and oxygen atoms in total. The number of imidazole rings is 1. The van der Waals surface area contributed by atoms with Crippen LogP contribution >= 0.6 is 0 Å². The number of hydrogen-bond donors (Lipinski definition) is 0. The number of carbonyl (C=O) groups is 1. The average Bonchev–Trinajstić information content (AvgIpc) is 3.01. The summed E-state index contributed by atoms with van der Waals surface area (Å²) in [6.07, 6.45) is 12.3. The zero-order valence-corrected chi connectivity index (χ0v) is 13.5. The third-order valence-corrected chi connectivity index (χ3v) is 4.99. The topological polar surface area (TPSA) is 47.4 Å². The van der Waals surface area contributed by atoms with Crippen LogP contribution < -0.4 is 0 Å². The SMILES string of the molecule is CN(C[C@@H]1CCc2nccn2C1)C(=O)COC1CCCCC1. The molecule has 0 radical (unpaired) electrons. The number of hydrogen-bond acceptors (Lipinski definition) is 3. The highest BCUT2D eigenvalue weighted by atomic mass is 16.5. The van der Waals surface area contributed by atoms with E-state index in [0.29, 0.717) is 12.0 Å². The predicted octanol–water partition coefficient (Wildman–Crippen LogP) is 2.25. The first kappa shape index (κ1) is 15.5. The number of carbonyl (C=O) groups excluding carboxylic acids is 1. The second kappa shape index (κ2) is 7.27. The van der Waals surface area contributed by atoms with Crippen LogP contribution in [0.4, 0.5) is 0 Å². The number of aromatic nitrogens is 2. The summed E-state index contributed by atoms with van der Waals surface area (Å²) in [5, 5.41) is 0. The largest absolute Gasteiger partial charge is 0.368 e. The minimum atomic E-state index is 0.113. The van der Waals surface area contributed by atoms with Gasteiger partial charge in [0, 0.05) is 39.0 Å². The Kier molecular flexibility index (Phi) is 5.13. The molecule has 1 aliphatic carbocycles. The van der Waals surface area contributed by atoms with E-state index in [2.05, 4.69) is 9.55 Å². The van der Waals surface area contributed by atoms with Crippen molar-refractivity contribution in [3.63, 3.8) is 0 Å². The maximum Gasteiger partial charge on any atom is 0.248 e. The fourth-order valence-corrected chi connectivity index (χ4v) is 3.61. The second-order valence-corrected chi connectivity index (χ2v) is 6.75. The Bertz CT molecular complexity index is 494. The molecular formula is C17H27N3O2. The van der Waals surface area contributed by atoms with E-state index in [4.69, 9.17) is 4.74 Å². The third kappa shape index (κ3) is 3.88. The van der Waals surface area contributed by atoms with Crippen molar-refractivity contribution in [2.45, 2.75) is 57.6 Å². The molecule has 2 aliphatic rings. The standard InChI is InChI=1S/C17H27N3O2/c1-19(17(21)13-22-15-5-3-2-4-6-15)11-14-7-8-16-18-9-10-20(16)12-14/h9-10,14-15H,2-8,11-13H2,1H3/t14-/m0/s1. The van der Waals surface area contributed by atoms with Gasteiger partial charge in [0.1, 0.15) is 12.4 Å². The zero-order valence-electron chi connectivity index (χ0n) is 13.5. The van der Waals surface area contributed by atoms with Crippen molar-refractivity contribution in [2.24, 2.45) is 5.92 Å². The van der Waals surface area contributed by atoms with Crippen molar-refractivity contribution < 1.29 is 9.53 Å². The van der Waals surface area contributed by atoms with Crippen LogP contribution in [0.1, 0.15) is 44.3 Å². The van der Waals surface area contributed by atoms with Gasteiger partial charge in [-0.15, -0.1) is 0 Å². The number of likely N-dealkylation sites (N-methyl/N-ethyl adjacent to an activating group) is 1. The Morgan fingerprint density at radius 2 is 2.18 bits per heavy atom. The molecule has 0 bridgehead atoms. The molecule has 1 aliphatic heterocycles. The van der Waals surface area contributed by atoms with Crippen LogP contribution in [0.3, 0.4) is 0 Å². The quantitative estimate of drug-likeness (QED) is 0.838. The zero-order chi connectivity index (χ0) is 15.4. The average molecular weight is 305 g/mol. The highest BCUT2D eigenvalue weighted by Crippen LogP contribution is 2.21. The Morgan fingerprint density at radius 1 is 1.36 bits per heavy atom. The molecule has 0 spiro atoms. The molecule has 0 aromatic carbocycles. The van der Waals surface area contributed by atoms with E-state index >= 15 is 0 Å². The van der Waals surface area contributed by atoms with Crippen molar-refractivity contribution in [3.05, 3.63) is 18.2 Å². The molecule has 5 heteroatoms. The lowest BCUT2D eigenvalue weighted by Gasteiger charge is -2.29. The molecule has 1 atom stereocenters. The third-order valence-electron chi connectivity index (χ3n) is 4.99. The van der Waals surface area contributed by atoms with Gasteiger partial charge in [-0.25, -0.2) is 4.98 Å². The Labute approximate surface area is 132 Å². The van der Waals surface area contributed by atoms with Gasteiger partial charge >= 0.3 is 0 Å². The van der Waals surface area contributed by atoms with Crippen LogP contribution in [-0.4, -0.2) is 46.7 Å². The van der Waals surface area contributed by atoms with Gasteiger partial charge in [0.05, 0.1) is 6.10 Å². The van der Waals surface area contributed by atoms with Crippen molar-refractivity contribution in [2.75, 3.05) is 20.2 Å². The second-order valence-electron chi connectivity index (χ2n) is 6.75. The predicted molar refractivity (Wildman–Crippen MR) is 84.5 cm³/mol. The molecule has 1 aromatic heterocycles. The van der Waals surface area contributed by atoms with Gasteiger partial charge in [0.2, 0.25) is 5.91 Å². The van der Waals surface area contributed by atoms with E-state index in [-0.39, 0.29) is 12.5 Å². The molecule has 2 heterocycles. The van der Waals surface area contributed by atoms with E-state index < -0.39 is 0 Å². The summed E-state index contributed by atoms with van der Waals surface area (Å²) in [5.74, 6) is 1.80. The molecule has 0 unspecified atom stereocenters. The van der Waals surface area contributed by atoms with Crippen molar-refractivity contribution in [1.82, 2.24) is 14.5 Å². The molecule has 1 amide bonds. The van der Waals surface area contributed by atoms with Gasteiger partial charge in [0.15, 0.2) is 0 Å². The van der Waals surface area contributed by atoms with Gasteiger partial charge in [0.25, 0.3) is 0 Å². The summed E-state index contributed by atoms with van der Waals surface area (Å²) in [4.78, 5) is 18.4. The molecular weight excluding hydrogens is 278 g/mol. The van der Waals surface area contributed by atoms with Gasteiger partial charge in [-0.3, -0.25) is 4.79 Å². The number of rotatable bonds is 5. The Balaban J connectivity index is 1.41. The minimum Gasteiger partial charge on any atom is -0.368 e. The molecule has 122 valence electrons. The summed E-state index contributed by atoms with van der Waals surface area (Å²) < 4.78 is 8.01. The van der Waals surface area contributed by atoms with Gasteiger partial charge in [-0.1, -0.05) is 19.3 Å². The van der Waals surface area contributed by atoms with Crippen molar-refractivity contribution >= 4 is 5.91 Å². The number of ether oxygens (including phenoxy) is 1. The normalized spacial score (nSPS) is 22.3. The Hall–Kier alpha value is -1.36. The van der Waals surface area contributed by atoms with Crippen LogP contribution in [0.15, 0.2) is 12.4 Å². The summed E-state index contributed by atoms with van der Waals surface area (Å²) in [7, 11) is 1.90. The fraction of sp³-hybridized carbons (Fsp3) is 0.765. The van der Waals surface area contributed by atoms with Crippen LogP contribution in [-0.2, 0) is 22.5 Å². The summed E-state index contributed by atoms with van der Waals surface area (Å²) in [5.41, 5.74) is 0. The summed E-state index contributed by atoms with van der Waals surface area (Å²) in [6.45, 7) is 2.02. The fourth-order valence-electron chi connectivity index (χ4n) is 3.61. The maximum atomic E-state index is 12.2. The lowest BCUT2D eigenvalue weighted by Crippen LogP contribution is -2.38. The first-order valence-corrected chi connectivity index (χ1v) is 8.58. The van der Waals surface area contributed by atoms with Crippen molar-refractivity contribution in [1.29, 1.82) is 0 Å². The number of amides is 1. The smallest absolute Gasteiger partial charge is 0.248 e. The lowest BCUT2D eigenvalue weighted by atomic mass is 9.98. The van der Waals surface area contributed by atoms with Gasteiger partial charge in [-0.2, -0.15) is 0 Å². The molecule has 22 heavy (non-hydrogen) atoms. The number of aryl methyl sites for hydroxylation is 1. The van der Waals surface area contributed by atoms with Crippen LogP contribution in [0.25, 0.3) is 0 Å². The summed E-state index contributed by atoms with van der Waals surface area (Å²) in [6, 6.07) is 0. The number of fused-ring (bicyclic) bond motifs is 1. The van der Waals surface area contributed by atoms with E-state index in [1.54, 1.807) is 0 Å². The van der Waals surface area contributed by atoms with E-state index in [1.807, 2.05) is 24.3 Å². The highest BCUT2D eigenvalue weighted by molar-refractivity contribution is 5.77. The minimum absolute atomic E-state index is 0.113. The first-order chi connectivity index (χ1) is 10.7. The number of nitrogens with zero attached hydrogens (tertiary/aromatic N) is 3. The van der Waals surface area contributed by atoms with Gasteiger partial charge < -0.3 is 14.2 Å². The molecule has 0 N–H and O–H groups in total. The molecule has 1 fully saturated rings. The molecule has 0 saturated heterocycles. The lowest BCUT2D eigenvalue weighted by molar-refractivity contribution is -0.138. The van der Waals surface area contributed by atoms with Crippen LogP contribution in [0.2, 0.25) is 0 Å². The molecule has 3 rings (SSSR count). The van der Waals surface area contributed by atoms with Crippen molar-refractivity contribution in [3.8, 4) is 0 Å². The van der Waals surface area contributed by atoms with E-state index in [9.17, 15) is 4.79 Å². The van der Waals surface area contributed by atoms with Gasteiger partial charge in [-0.05, 0) is 25.2 Å².